The average molecular weight is 478 g/mol. The standard InChI is InChI=1S/C29H27N5O2/c1-19(2)34-18-23(17-33-34)22-7-8-25-26(15-22)31-14-11-28(25)36-27-6-4-5-24(20(27)3)29(35)32-16-21-9-12-30-13-10-21/h4-15,17-19H,16H2,1-3H3,(H,32,35). The van der Waals surface area contributed by atoms with E-state index in [9.17, 15) is 4.79 Å². The predicted molar refractivity (Wildman–Crippen MR) is 140 cm³/mol. The third-order valence-corrected chi connectivity index (χ3v) is 6.12. The highest BCUT2D eigenvalue weighted by atomic mass is 16.5. The van der Waals surface area contributed by atoms with Gasteiger partial charge in [0.25, 0.3) is 5.91 Å². The van der Waals surface area contributed by atoms with Gasteiger partial charge < -0.3 is 10.1 Å². The maximum Gasteiger partial charge on any atom is 0.251 e. The van der Waals surface area contributed by atoms with Crippen LogP contribution in [0.4, 0.5) is 0 Å². The molecule has 0 radical (unpaired) electrons. The molecule has 0 aliphatic carbocycles. The molecular formula is C29H27N5O2. The Bertz CT molecular complexity index is 1530. The Morgan fingerprint density at radius 2 is 1.83 bits per heavy atom. The van der Waals surface area contributed by atoms with Crippen molar-refractivity contribution in [3.05, 3.63) is 102 Å². The van der Waals surface area contributed by atoms with E-state index in [4.69, 9.17) is 4.74 Å². The molecule has 7 heteroatoms. The molecule has 0 saturated carbocycles. The topological polar surface area (TPSA) is 81.9 Å². The summed E-state index contributed by atoms with van der Waals surface area (Å²) in [6, 6.07) is 17.5. The van der Waals surface area contributed by atoms with Gasteiger partial charge in [0.2, 0.25) is 0 Å². The Kier molecular flexibility index (Phi) is 6.45. The van der Waals surface area contributed by atoms with Gasteiger partial charge in [-0.2, -0.15) is 5.10 Å². The highest BCUT2D eigenvalue weighted by molar-refractivity contribution is 5.96. The summed E-state index contributed by atoms with van der Waals surface area (Å²) in [7, 11) is 0. The summed E-state index contributed by atoms with van der Waals surface area (Å²) >= 11 is 0. The fraction of sp³-hybridized carbons (Fsp3) is 0.172. The molecule has 2 aromatic carbocycles. The van der Waals surface area contributed by atoms with Crippen LogP contribution in [0.1, 0.15) is 41.4 Å². The monoisotopic (exact) mass is 477 g/mol. The zero-order valence-electron chi connectivity index (χ0n) is 20.5. The number of rotatable bonds is 7. The molecule has 3 aromatic heterocycles. The molecule has 180 valence electrons. The quantitative estimate of drug-likeness (QED) is 0.306. The number of fused-ring (bicyclic) bond motifs is 1. The van der Waals surface area contributed by atoms with Crippen LogP contribution in [0.3, 0.4) is 0 Å². The Balaban J connectivity index is 1.39. The molecule has 5 aromatic rings. The zero-order valence-corrected chi connectivity index (χ0v) is 20.5. The Hall–Kier alpha value is -4.52. The van der Waals surface area contributed by atoms with E-state index in [1.165, 1.54) is 0 Å². The van der Waals surface area contributed by atoms with Crippen LogP contribution in [0, 0.1) is 6.92 Å². The maximum absolute atomic E-state index is 12.9. The second-order valence-corrected chi connectivity index (χ2v) is 8.91. The van der Waals surface area contributed by atoms with Crippen LogP contribution < -0.4 is 10.1 Å². The largest absolute Gasteiger partial charge is 0.456 e. The molecule has 0 bridgehead atoms. The molecule has 5 rings (SSSR count). The molecular weight excluding hydrogens is 450 g/mol. The zero-order chi connectivity index (χ0) is 25.1. The SMILES string of the molecule is Cc1c(Oc2ccnc3cc(-c4cnn(C(C)C)c4)ccc23)cccc1C(=O)NCc1ccncc1. The molecule has 0 fully saturated rings. The highest BCUT2D eigenvalue weighted by Crippen LogP contribution is 2.33. The van der Waals surface area contributed by atoms with Crippen molar-refractivity contribution in [1.29, 1.82) is 0 Å². The van der Waals surface area contributed by atoms with Gasteiger partial charge in [-0.3, -0.25) is 19.4 Å². The lowest BCUT2D eigenvalue weighted by Crippen LogP contribution is -2.23. The fourth-order valence-electron chi connectivity index (χ4n) is 4.03. The van der Waals surface area contributed by atoms with E-state index in [1.807, 2.05) is 72.5 Å². The Labute approximate surface area is 209 Å². The number of hydrogen-bond acceptors (Lipinski definition) is 5. The molecule has 0 spiro atoms. The van der Waals surface area contributed by atoms with E-state index in [1.54, 1.807) is 24.7 Å². The molecule has 7 nitrogen and oxygen atoms in total. The summed E-state index contributed by atoms with van der Waals surface area (Å²) < 4.78 is 8.25. The number of benzene rings is 2. The van der Waals surface area contributed by atoms with E-state index >= 15 is 0 Å². The number of amides is 1. The van der Waals surface area contributed by atoms with E-state index in [0.29, 0.717) is 29.6 Å². The number of ether oxygens (including phenoxy) is 1. The molecule has 0 aliphatic rings. The summed E-state index contributed by atoms with van der Waals surface area (Å²) in [6.45, 7) is 6.53. The molecule has 0 atom stereocenters. The minimum atomic E-state index is -0.152. The first-order chi connectivity index (χ1) is 17.5. The predicted octanol–water partition coefficient (Wildman–Crippen LogP) is 6.10. The molecule has 36 heavy (non-hydrogen) atoms. The summed E-state index contributed by atoms with van der Waals surface area (Å²) in [6.07, 6.45) is 9.07. The number of carbonyl (C=O) groups is 1. The van der Waals surface area contributed by atoms with E-state index in [-0.39, 0.29) is 5.91 Å². The van der Waals surface area contributed by atoms with Gasteiger partial charge >= 0.3 is 0 Å². The van der Waals surface area contributed by atoms with Gasteiger partial charge in [-0.1, -0.05) is 12.1 Å². The van der Waals surface area contributed by atoms with Crippen LogP contribution >= 0.6 is 0 Å². The summed E-state index contributed by atoms with van der Waals surface area (Å²) in [5, 5.41) is 8.31. The van der Waals surface area contributed by atoms with Crippen molar-refractivity contribution in [2.75, 3.05) is 0 Å². The van der Waals surface area contributed by atoms with Gasteiger partial charge in [-0.15, -0.1) is 0 Å². The second kappa shape index (κ2) is 10.00. The lowest BCUT2D eigenvalue weighted by Gasteiger charge is -2.14. The number of pyridine rings is 2. The summed E-state index contributed by atoms with van der Waals surface area (Å²) in [5.74, 6) is 1.16. The molecule has 0 saturated heterocycles. The van der Waals surface area contributed by atoms with Crippen LogP contribution in [-0.4, -0.2) is 25.7 Å². The number of carbonyl (C=O) groups excluding carboxylic acids is 1. The highest BCUT2D eigenvalue weighted by Gasteiger charge is 2.15. The van der Waals surface area contributed by atoms with Crippen LogP contribution in [0.2, 0.25) is 0 Å². The van der Waals surface area contributed by atoms with Crippen LogP contribution in [0.5, 0.6) is 11.5 Å². The fourth-order valence-corrected chi connectivity index (χ4v) is 4.03. The van der Waals surface area contributed by atoms with Gasteiger partial charge in [-0.05, 0) is 74.4 Å². The minimum absolute atomic E-state index is 0.152. The van der Waals surface area contributed by atoms with Crippen molar-refractivity contribution in [1.82, 2.24) is 25.1 Å². The Morgan fingerprint density at radius 3 is 2.61 bits per heavy atom. The lowest BCUT2D eigenvalue weighted by atomic mass is 10.1. The normalized spacial score (nSPS) is 11.1. The molecule has 0 unspecified atom stereocenters. The van der Waals surface area contributed by atoms with Gasteiger partial charge in [0.1, 0.15) is 11.5 Å². The Morgan fingerprint density at radius 1 is 1.00 bits per heavy atom. The summed E-state index contributed by atoms with van der Waals surface area (Å²) in [4.78, 5) is 21.4. The van der Waals surface area contributed by atoms with Gasteiger partial charge in [-0.25, -0.2) is 0 Å². The number of nitrogens with one attached hydrogen (secondary N) is 1. The molecule has 3 heterocycles. The van der Waals surface area contributed by atoms with Gasteiger partial charge in [0, 0.05) is 59.5 Å². The van der Waals surface area contributed by atoms with Gasteiger partial charge in [0.05, 0.1) is 11.7 Å². The van der Waals surface area contributed by atoms with Crippen molar-refractivity contribution in [2.24, 2.45) is 0 Å². The van der Waals surface area contributed by atoms with Crippen LogP contribution in [0.15, 0.2) is 85.6 Å². The maximum atomic E-state index is 12.9. The first-order valence-corrected chi connectivity index (χ1v) is 11.9. The van der Waals surface area contributed by atoms with E-state index < -0.39 is 0 Å². The third kappa shape index (κ3) is 4.81. The first-order valence-electron chi connectivity index (χ1n) is 11.9. The van der Waals surface area contributed by atoms with E-state index in [0.717, 1.165) is 33.2 Å². The summed E-state index contributed by atoms with van der Waals surface area (Å²) in [5.41, 5.74) is 5.24. The van der Waals surface area contributed by atoms with Crippen molar-refractivity contribution in [3.63, 3.8) is 0 Å². The molecule has 1 amide bonds. The lowest BCUT2D eigenvalue weighted by molar-refractivity contribution is 0.0950. The number of aromatic nitrogens is 4. The molecule has 1 N–H and O–H groups in total. The van der Waals surface area contributed by atoms with Crippen molar-refractivity contribution in [3.8, 4) is 22.6 Å². The molecule has 0 aliphatic heterocycles. The van der Waals surface area contributed by atoms with Crippen molar-refractivity contribution >= 4 is 16.8 Å². The minimum Gasteiger partial charge on any atom is -0.456 e. The number of hydrogen-bond donors (Lipinski definition) is 1. The number of nitrogens with zero attached hydrogens (tertiary/aromatic N) is 4. The second-order valence-electron chi connectivity index (χ2n) is 8.91. The van der Waals surface area contributed by atoms with Crippen LogP contribution in [-0.2, 0) is 6.54 Å². The van der Waals surface area contributed by atoms with Gasteiger partial charge in [0.15, 0.2) is 0 Å². The van der Waals surface area contributed by atoms with Crippen molar-refractivity contribution < 1.29 is 9.53 Å². The first kappa shape index (κ1) is 23.2. The van der Waals surface area contributed by atoms with Crippen LogP contribution in [0.25, 0.3) is 22.0 Å². The average Bonchev–Trinajstić information content (AvgIpc) is 3.40. The van der Waals surface area contributed by atoms with Crippen molar-refractivity contribution in [2.45, 2.75) is 33.4 Å². The third-order valence-electron chi connectivity index (χ3n) is 6.12. The smallest absolute Gasteiger partial charge is 0.251 e. The van der Waals surface area contributed by atoms with E-state index in [2.05, 4.69) is 34.2 Å².